The van der Waals surface area contributed by atoms with Crippen molar-refractivity contribution in [3.8, 4) is 5.75 Å². The molecule has 0 atom stereocenters. The molecule has 2 aromatic rings. The minimum absolute atomic E-state index is 0.0744. The molecule has 144 valence electrons. The first-order chi connectivity index (χ1) is 13.0. The number of aromatic nitrogens is 1. The lowest BCUT2D eigenvalue weighted by atomic mass is 10.1. The Labute approximate surface area is 159 Å². The van der Waals surface area contributed by atoms with Gasteiger partial charge in [-0.25, -0.2) is 4.98 Å². The average Bonchev–Trinajstić information content (AvgIpc) is 3.24. The van der Waals surface area contributed by atoms with Gasteiger partial charge in [0.05, 0.1) is 12.1 Å². The molecule has 1 fully saturated rings. The van der Waals surface area contributed by atoms with Crippen LogP contribution in [0.25, 0.3) is 0 Å². The van der Waals surface area contributed by atoms with Crippen LogP contribution in [0.4, 0.5) is 13.9 Å². The second-order valence-corrected chi connectivity index (χ2v) is 6.91. The number of rotatable bonds is 8. The third-order valence-electron chi connectivity index (χ3n) is 4.07. The molecule has 1 aromatic heterocycles. The summed E-state index contributed by atoms with van der Waals surface area (Å²) in [6.45, 7) is -1.74. The summed E-state index contributed by atoms with van der Waals surface area (Å²) < 4.78 is 28.5. The van der Waals surface area contributed by atoms with E-state index >= 15 is 0 Å². The molecule has 6 nitrogen and oxygen atoms in total. The van der Waals surface area contributed by atoms with Crippen LogP contribution < -0.4 is 15.0 Å². The zero-order valence-electron chi connectivity index (χ0n) is 14.5. The number of nitrogens with one attached hydrogen (secondary N) is 1. The van der Waals surface area contributed by atoms with Crippen LogP contribution in [0.1, 0.15) is 24.1 Å². The Balaban J connectivity index is 1.42. The number of carbonyl (C=O) groups excluding carboxylic acids is 2. The van der Waals surface area contributed by atoms with Gasteiger partial charge in [-0.05, 0) is 30.5 Å². The van der Waals surface area contributed by atoms with Crippen LogP contribution in [-0.4, -0.2) is 36.5 Å². The summed E-state index contributed by atoms with van der Waals surface area (Å²) in [5.74, 6) is 0.0242. The highest BCUT2D eigenvalue weighted by atomic mass is 32.1. The Kier molecular flexibility index (Phi) is 6.33. The number of thiazole rings is 1. The molecule has 0 bridgehead atoms. The molecule has 2 amide bonds. The minimum atomic E-state index is -2.84. The zero-order chi connectivity index (χ0) is 19.2. The smallest absolute Gasteiger partial charge is 0.387 e. The molecular formula is C18H19F2N3O3S. The molecule has 0 aliphatic carbocycles. The maximum atomic E-state index is 12.1. The Morgan fingerprint density at radius 2 is 2.11 bits per heavy atom. The highest BCUT2D eigenvalue weighted by Gasteiger charge is 2.24. The molecule has 1 aliphatic rings. The van der Waals surface area contributed by atoms with Crippen molar-refractivity contribution in [1.82, 2.24) is 10.3 Å². The number of carbonyl (C=O) groups is 2. The van der Waals surface area contributed by atoms with Gasteiger partial charge >= 0.3 is 6.61 Å². The Bertz CT molecular complexity index is 795. The van der Waals surface area contributed by atoms with Gasteiger partial charge in [-0.15, -0.1) is 11.3 Å². The van der Waals surface area contributed by atoms with Gasteiger partial charge in [-0.2, -0.15) is 8.78 Å². The lowest BCUT2D eigenvalue weighted by Gasteiger charge is -2.10. The first-order valence-electron chi connectivity index (χ1n) is 8.56. The van der Waals surface area contributed by atoms with Crippen molar-refractivity contribution in [2.75, 3.05) is 18.0 Å². The summed E-state index contributed by atoms with van der Waals surface area (Å²) in [6.07, 6.45) is 2.11. The van der Waals surface area contributed by atoms with E-state index < -0.39 is 6.61 Å². The number of nitrogens with zero attached hydrogens (tertiary/aromatic N) is 2. The monoisotopic (exact) mass is 395 g/mol. The van der Waals surface area contributed by atoms with Crippen LogP contribution in [0.15, 0.2) is 29.6 Å². The number of hydrogen-bond acceptors (Lipinski definition) is 5. The second kappa shape index (κ2) is 8.90. The van der Waals surface area contributed by atoms with Crippen molar-refractivity contribution in [2.45, 2.75) is 32.3 Å². The van der Waals surface area contributed by atoms with E-state index in [-0.39, 0.29) is 24.0 Å². The quantitative estimate of drug-likeness (QED) is 0.746. The molecule has 27 heavy (non-hydrogen) atoms. The SMILES string of the molecule is O=C(Cc1csc(N2CCCC2=O)n1)NCCc1ccc(OC(F)F)cc1. The largest absolute Gasteiger partial charge is 0.435 e. The average molecular weight is 395 g/mol. The van der Waals surface area contributed by atoms with Crippen molar-refractivity contribution in [2.24, 2.45) is 0 Å². The third-order valence-corrected chi connectivity index (χ3v) is 4.98. The first kappa shape index (κ1) is 19.2. The fourth-order valence-electron chi connectivity index (χ4n) is 2.76. The van der Waals surface area contributed by atoms with Gasteiger partial charge in [-0.3, -0.25) is 14.5 Å². The van der Waals surface area contributed by atoms with Gasteiger partial charge < -0.3 is 10.1 Å². The van der Waals surface area contributed by atoms with E-state index in [0.29, 0.717) is 36.8 Å². The molecule has 1 aliphatic heterocycles. The normalized spacial score (nSPS) is 14.0. The summed E-state index contributed by atoms with van der Waals surface area (Å²) in [5.41, 5.74) is 1.54. The lowest BCUT2D eigenvalue weighted by molar-refractivity contribution is -0.120. The number of amides is 2. The predicted octanol–water partition coefficient (Wildman–Crippen LogP) is 2.77. The summed E-state index contributed by atoms with van der Waals surface area (Å²) in [5, 5.41) is 5.25. The molecule has 1 saturated heterocycles. The second-order valence-electron chi connectivity index (χ2n) is 6.07. The van der Waals surface area contributed by atoms with Crippen LogP contribution in [0.2, 0.25) is 0 Å². The van der Waals surface area contributed by atoms with E-state index in [1.165, 1.54) is 23.5 Å². The number of benzene rings is 1. The number of alkyl halides is 2. The van der Waals surface area contributed by atoms with Crippen LogP contribution in [-0.2, 0) is 22.4 Å². The fraction of sp³-hybridized carbons (Fsp3) is 0.389. The van der Waals surface area contributed by atoms with E-state index in [4.69, 9.17) is 0 Å². The summed E-state index contributed by atoms with van der Waals surface area (Å²) in [7, 11) is 0. The predicted molar refractivity (Wildman–Crippen MR) is 97.2 cm³/mol. The lowest BCUT2D eigenvalue weighted by Crippen LogP contribution is -2.27. The van der Waals surface area contributed by atoms with Crippen molar-refractivity contribution < 1.29 is 23.1 Å². The van der Waals surface area contributed by atoms with Crippen LogP contribution in [0, 0.1) is 0 Å². The van der Waals surface area contributed by atoms with Gasteiger partial charge in [0.15, 0.2) is 5.13 Å². The third kappa shape index (κ3) is 5.46. The van der Waals surface area contributed by atoms with Gasteiger partial charge in [0.1, 0.15) is 5.75 Å². The van der Waals surface area contributed by atoms with Crippen molar-refractivity contribution in [3.05, 3.63) is 40.9 Å². The molecule has 1 N–H and O–H groups in total. The van der Waals surface area contributed by atoms with Gasteiger partial charge in [0.25, 0.3) is 0 Å². The number of ether oxygens (including phenoxy) is 1. The zero-order valence-corrected chi connectivity index (χ0v) is 15.3. The maximum absolute atomic E-state index is 12.1. The summed E-state index contributed by atoms with van der Waals surface area (Å²) >= 11 is 1.37. The molecule has 9 heteroatoms. The summed E-state index contributed by atoms with van der Waals surface area (Å²) in [6, 6.07) is 6.31. The molecular weight excluding hydrogens is 376 g/mol. The van der Waals surface area contributed by atoms with E-state index in [1.54, 1.807) is 22.4 Å². The minimum Gasteiger partial charge on any atom is -0.435 e. The van der Waals surface area contributed by atoms with E-state index in [0.717, 1.165) is 12.0 Å². The molecule has 3 rings (SSSR count). The molecule has 0 spiro atoms. The number of anilines is 1. The van der Waals surface area contributed by atoms with Gasteiger partial charge in [0.2, 0.25) is 11.8 Å². The standard InChI is InChI=1S/C18H19F2N3O3S/c19-17(20)26-14-5-3-12(4-6-14)7-8-21-15(24)10-13-11-27-18(22-13)23-9-1-2-16(23)25/h3-6,11,17H,1-2,7-10H2,(H,21,24). The Hall–Kier alpha value is -2.55. The molecule has 0 saturated carbocycles. The highest BCUT2D eigenvalue weighted by molar-refractivity contribution is 7.14. The molecule has 1 aromatic carbocycles. The number of halogens is 2. The van der Waals surface area contributed by atoms with Crippen LogP contribution >= 0.6 is 11.3 Å². The Morgan fingerprint density at radius 3 is 2.78 bits per heavy atom. The first-order valence-corrected chi connectivity index (χ1v) is 9.44. The number of hydrogen-bond donors (Lipinski definition) is 1. The van der Waals surface area contributed by atoms with Crippen molar-refractivity contribution >= 4 is 28.3 Å². The van der Waals surface area contributed by atoms with Crippen molar-refractivity contribution in [3.63, 3.8) is 0 Å². The van der Waals surface area contributed by atoms with E-state index in [1.807, 2.05) is 0 Å². The maximum Gasteiger partial charge on any atom is 0.387 e. The van der Waals surface area contributed by atoms with Crippen molar-refractivity contribution in [1.29, 1.82) is 0 Å². The molecule has 0 unspecified atom stereocenters. The highest BCUT2D eigenvalue weighted by Crippen LogP contribution is 2.25. The van der Waals surface area contributed by atoms with Crippen LogP contribution in [0.5, 0.6) is 5.75 Å². The summed E-state index contributed by atoms with van der Waals surface area (Å²) in [4.78, 5) is 29.8. The van der Waals surface area contributed by atoms with Gasteiger partial charge in [0, 0.05) is 24.9 Å². The topological polar surface area (TPSA) is 71.5 Å². The van der Waals surface area contributed by atoms with Crippen LogP contribution in [0.3, 0.4) is 0 Å². The van der Waals surface area contributed by atoms with E-state index in [9.17, 15) is 18.4 Å². The molecule has 0 radical (unpaired) electrons. The Morgan fingerprint density at radius 1 is 1.33 bits per heavy atom. The van der Waals surface area contributed by atoms with E-state index in [2.05, 4.69) is 15.0 Å². The fourth-order valence-corrected chi connectivity index (χ4v) is 3.63. The molecule has 2 heterocycles. The van der Waals surface area contributed by atoms with Gasteiger partial charge in [-0.1, -0.05) is 12.1 Å².